The van der Waals surface area contributed by atoms with Crippen molar-refractivity contribution in [3.05, 3.63) is 35.4 Å². The maximum absolute atomic E-state index is 11.9. The van der Waals surface area contributed by atoms with Gasteiger partial charge in [0.15, 0.2) is 5.78 Å². The number of hydrogen-bond donors (Lipinski definition) is 0. The summed E-state index contributed by atoms with van der Waals surface area (Å²) in [5.74, 6) is 0.189. The summed E-state index contributed by atoms with van der Waals surface area (Å²) in [4.78, 5) is 11.9. The van der Waals surface area contributed by atoms with Crippen LogP contribution in [0.2, 0.25) is 0 Å². The third-order valence-electron chi connectivity index (χ3n) is 2.85. The van der Waals surface area contributed by atoms with E-state index in [0.717, 1.165) is 17.5 Å². The average molecular weight is 220 g/mol. The monoisotopic (exact) mass is 220 g/mol. The Bertz CT molecular complexity index is 367. The summed E-state index contributed by atoms with van der Waals surface area (Å²) in [6.07, 6.45) is 1.28. The molecule has 1 aromatic carbocycles. The Morgan fingerprint density at radius 2 is 2.06 bits per heavy atom. The van der Waals surface area contributed by atoms with Crippen LogP contribution in [0, 0.1) is 6.92 Å². The predicted octanol–water partition coefficient (Wildman–Crippen LogP) is 3.38. The fourth-order valence-electron chi connectivity index (χ4n) is 1.48. The molecule has 0 amide bonds. The molecule has 2 heteroatoms. The zero-order valence-electron chi connectivity index (χ0n) is 10.5. The van der Waals surface area contributed by atoms with Crippen molar-refractivity contribution in [3.63, 3.8) is 0 Å². The molecule has 0 saturated carbocycles. The molecule has 0 fully saturated rings. The van der Waals surface area contributed by atoms with Gasteiger partial charge in [-0.25, -0.2) is 0 Å². The third kappa shape index (κ3) is 3.78. The first-order chi connectivity index (χ1) is 7.44. The molecule has 0 saturated heterocycles. The fourth-order valence-corrected chi connectivity index (χ4v) is 1.48. The van der Waals surface area contributed by atoms with Crippen molar-refractivity contribution in [1.29, 1.82) is 0 Å². The number of carbonyl (C=O) groups is 1. The third-order valence-corrected chi connectivity index (χ3v) is 2.85. The van der Waals surface area contributed by atoms with Gasteiger partial charge in [0.2, 0.25) is 0 Å². The number of carbonyl (C=O) groups excluding carboxylic acids is 1. The first-order valence-electron chi connectivity index (χ1n) is 5.59. The van der Waals surface area contributed by atoms with E-state index in [-0.39, 0.29) is 11.4 Å². The van der Waals surface area contributed by atoms with Crippen LogP contribution in [0.4, 0.5) is 0 Å². The topological polar surface area (TPSA) is 26.3 Å². The van der Waals surface area contributed by atoms with Crippen LogP contribution in [-0.4, -0.2) is 18.5 Å². The molecular weight excluding hydrogens is 200 g/mol. The quantitative estimate of drug-likeness (QED) is 0.711. The van der Waals surface area contributed by atoms with Crippen LogP contribution in [0.1, 0.15) is 42.6 Å². The minimum Gasteiger partial charge on any atom is -0.379 e. The van der Waals surface area contributed by atoms with Crippen molar-refractivity contribution in [2.45, 2.75) is 39.2 Å². The number of methoxy groups -OCH3 is 1. The average Bonchev–Trinajstić information content (AvgIpc) is 2.26. The number of ether oxygens (including phenoxy) is 1. The van der Waals surface area contributed by atoms with Crippen molar-refractivity contribution < 1.29 is 9.53 Å². The van der Waals surface area contributed by atoms with E-state index in [2.05, 4.69) is 0 Å². The van der Waals surface area contributed by atoms with Gasteiger partial charge in [-0.3, -0.25) is 4.79 Å². The van der Waals surface area contributed by atoms with Crippen LogP contribution in [0.5, 0.6) is 0 Å². The highest BCUT2D eigenvalue weighted by molar-refractivity contribution is 5.96. The number of aryl methyl sites for hydroxylation is 1. The smallest absolute Gasteiger partial charge is 0.162 e. The summed E-state index contributed by atoms with van der Waals surface area (Å²) < 4.78 is 5.30. The second-order valence-corrected chi connectivity index (χ2v) is 4.76. The molecule has 1 aromatic rings. The van der Waals surface area contributed by atoms with Gasteiger partial charge in [-0.05, 0) is 33.3 Å². The molecule has 0 bridgehead atoms. The highest BCUT2D eigenvalue weighted by Gasteiger charge is 2.18. The van der Waals surface area contributed by atoms with Crippen LogP contribution in [-0.2, 0) is 4.74 Å². The van der Waals surface area contributed by atoms with Gasteiger partial charge >= 0.3 is 0 Å². The zero-order chi connectivity index (χ0) is 12.2. The molecule has 2 nitrogen and oxygen atoms in total. The van der Waals surface area contributed by atoms with Gasteiger partial charge in [-0.15, -0.1) is 0 Å². The first kappa shape index (κ1) is 12.9. The van der Waals surface area contributed by atoms with Gasteiger partial charge in [0.25, 0.3) is 0 Å². The van der Waals surface area contributed by atoms with Gasteiger partial charge in [-0.2, -0.15) is 0 Å². The molecule has 0 aliphatic heterocycles. The number of hydrogen-bond acceptors (Lipinski definition) is 2. The Morgan fingerprint density at radius 3 is 2.62 bits per heavy atom. The highest BCUT2D eigenvalue weighted by Crippen LogP contribution is 2.17. The fraction of sp³-hybridized carbons (Fsp3) is 0.500. The lowest BCUT2D eigenvalue weighted by Gasteiger charge is -2.22. The van der Waals surface area contributed by atoms with Crippen molar-refractivity contribution in [1.82, 2.24) is 0 Å². The summed E-state index contributed by atoms with van der Waals surface area (Å²) in [5, 5.41) is 0. The molecule has 0 aliphatic carbocycles. The number of ketones is 1. The Hall–Kier alpha value is -1.15. The first-order valence-corrected chi connectivity index (χ1v) is 5.59. The van der Waals surface area contributed by atoms with Crippen molar-refractivity contribution in [2.24, 2.45) is 0 Å². The molecular formula is C14H20O2. The molecule has 1 rings (SSSR count). The van der Waals surface area contributed by atoms with Crippen molar-refractivity contribution in [3.8, 4) is 0 Å². The summed E-state index contributed by atoms with van der Waals surface area (Å²) >= 11 is 0. The Morgan fingerprint density at radius 1 is 1.38 bits per heavy atom. The lowest BCUT2D eigenvalue weighted by atomic mass is 9.97. The van der Waals surface area contributed by atoms with Gasteiger partial charge in [0.1, 0.15) is 0 Å². The van der Waals surface area contributed by atoms with Crippen LogP contribution < -0.4 is 0 Å². The Balaban J connectivity index is 2.60. The lowest BCUT2D eigenvalue weighted by molar-refractivity contribution is 0.0141. The van der Waals surface area contributed by atoms with Crippen molar-refractivity contribution in [2.75, 3.05) is 7.11 Å². The largest absolute Gasteiger partial charge is 0.379 e. The van der Waals surface area contributed by atoms with Gasteiger partial charge in [0.05, 0.1) is 5.60 Å². The Labute approximate surface area is 97.6 Å². The van der Waals surface area contributed by atoms with E-state index in [9.17, 15) is 4.79 Å². The number of rotatable bonds is 5. The molecule has 16 heavy (non-hydrogen) atoms. The van der Waals surface area contributed by atoms with E-state index in [1.165, 1.54) is 0 Å². The predicted molar refractivity (Wildman–Crippen MR) is 65.8 cm³/mol. The normalized spacial score (nSPS) is 11.5. The molecule has 0 atom stereocenters. The van der Waals surface area contributed by atoms with Crippen LogP contribution >= 0.6 is 0 Å². The summed E-state index contributed by atoms with van der Waals surface area (Å²) in [5.41, 5.74) is 1.70. The summed E-state index contributed by atoms with van der Waals surface area (Å²) in [6.45, 7) is 5.99. The number of benzene rings is 1. The van der Waals surface area contributed by atoms with E-state index in [1.54, 1.807) is 7.11 Å². The van der Waals surface area contributed by atoms with Crippen molar-refractivity contribution >= 4 is 5.78 Å². The minimum atomic E-state index is -0.223. The van der Waals surface area contributed by atoms with Gasteiger partial charge in [0, 0.05) is 19.1 Å². The van der Waals surface area contributed by atoms with E-state index < -0.39 is 0 Å². The van der Waals surface area contributed by atoms with Crippen LogP contribution in [0.15, 0.2) is 24.3 Å². The molecule has 0 aliphatic rings. The highest BCUT2D eigenvalue weighted by atomic mass is 16.5. The standard InChI is InChI=1S/C14H20O2/c1-11-6-5-7-12(10-11)13(15)8-9-14(2,3)16-4/h5-7,10H,8-9H2,1-4H3. The SMILES string of the molecule is COC(C)(C)CCC(=O)c1cccc(C)c1. The summed E-state index contributed by atoms with van der Waals surface area (Å²) in [6, 6.07) is 7.72. The Kier molecular flexibility index (Phi) is 4.25. The second kappa shape index (κ2) is 5.26. The molecule has 0 aromatic heterocycles. The van der Waals surface area contributed by atoms with E-state index >= 15 is 0 Å². The maximum atomic E-state index is 11.9. The lowest BCUT2D eigenvalue weighted by Crippen LogP contribution is -2.23. The van der Waals surface area contributed by atoms with E-state index in [1.807, 2.05) is 45.0 Å². The van der Waals surface area contributed by atoms with E-state index in [0.29, 0.717) is 6.42 Å². The van der Waals surface area contributed by atoms with Crippen LogP contribution in [0.3, 0.4) is 0 Å². The number of Topliss-reactive ketones (excluding diaryl/α,β-unsaturated/α-hetero) is 1. The molecule has 0 heterocycles. The zero-order valence-corrected chi connectivity index (χ0v) is 10.5. The van der Waals surface area contributed by atoms with Gasteiger partial charge < -0.3 is 4.74 Å². The molecule has 88 valence electrons. The maximum Gasteiger partial charge on any atom is 0.162 e. The van der Waals surface area contributed by atoms with E-state index in [4.69, 9.17) is 4.74 Å². The molecule has 0 radical (unpaired) electrons. The molecule has 0 spiro atoms. The summed E-state index contributed by atoms with van der Waals surface area (Å²) in [7, 11) is 1.68. The second-order valence-electron chi connectivity index (χ2n) is 4.76. The molecule has 0 N–H and O–H groups in total. The minimum absolute atomic E-state index is 0.189. The molecule has 0 unspecified atom stereocenters. The van der Waals surface area contributed by atoms with Crippen LogP contribution in [0.25, 0.3) is 0 Å². The van der Waals surface area contributed by atoms with Gasteiger partial charge in [-0.1, -0.05) is 23.8 Å².